The molecule has 3 heterocycles. The molecule has 1 saturated heterocycles. The predicted octanol–water partition coefficient (Wildman–Crippen LogP) is 6.84. The molecular formula is C33H23BrClN3O3. The normalized spacial score (nSPS) is 23.5. The van der Waals surface area contributed by atoms with Crippen molar-refractivity contribution in [3.05, 3.63) is 135 Å². The maximum atomic E-state index is 14.7. The van der Waals surface area contributed by atoms with Gasteiger partial charge in [-0.1, -0.05) is 82.1 Å². The third kappa shape index (κ3) is 3.87. The fourth-order valence-corrected chi connectivity index (χ4v) is 7.10. The van der Waals surface area contributed by atoms with E-state index in [0.29, 0.717) is 27.5 Å². The molecule has 41 heavy (non-hydrogen) atoms. The van der Waals surface area contributed by atoms with E-state index in [2.05, 4.69) is 26.6 Å². The van der Waals surface area contributed by atoms with Gasteiger partial charge in [-0.05, 0) is 65.2 Å². The van der Waals surface area contributed by atoms with E-state index in [1.165, 1.54) is 0 Å². The summed E-state index contributed by atoms with van der Waals surface area (Å²) in [7, 11) is 0. The van der Waals surface area contributed by atoms with Crippen LogP contribution in [0.1, 0.15) is 33.1 Å². The van der Waals surface area contributed by atoms with E-state index in [1.54, 1.807) is 48.5 Å². The van der Waals surface area contributed by atoms with Gasteiger partial charge in [-0.3, -0.25) is 14.4 Å². The van der Waals surface area contributed by atoms with Crippen molar-refractivity contribution in [2.45, 2.75) is 17.5 Å². The first-order valence-electron chi connectivity index (χ1n) is 13.2. The van der Waals surface area contributed by atoms with Crippen LogP contribution in [0.5, 0.6) is 0 Å². The highest BCUT2D eigenvalue weighted by molar-refractivity contribution is 9.10. The maximum Gasteiger partial charge on any atom is 0.247 e. The van der Waals surface area contributed by atoms with Gasteiger partial charge in [0.2, 0.25) is 11.8 Å². The molecule has 7 rings (SSSR count). The zero-order chi connectivity index (χ0) is 28.3. The molecule has 8 heteroatoms. The van der Waals surface area contributed by atoms with E-state index < -0.39 is 23.4 Å². The molecule has 2 amide bonds. The number of amides is 2. The summed E-state index contributed by atoms with van der Waals surface area (Å²) in [6.45, 7) is 0. The van der Waals surface area contributed by atoms with E-state index >= 15 is 0 Å². The number of Topliss-reactive ketones (excluding diaryl/α,β-unsaturated/α-hetero) is 1. The second-order valence-electron chi connectivity index (χ2n) is 10.5. The maximum absolute atomic E-state index is 14.7. The molecule has 1 fully saturated rings. The molecule has 202 valence electrons. The molecule has 0 aromatic heterocycles. The van der Waals surface area contributed by atoms with Crippen LogP contribution in [0.3, 0.4) is 0 Å². The lowest BCUT2D eigenvalue weighted by Gasteiger charge is -2.38. The minimum absolute atomic E-state index is 0.277. The minimum atomic E-state index is -1.37. The van der Waals surface area contributed by atoms with Gasteiger partial charge in [-0.25, -0.2) is 0 Å². The van der Waals surface area contributed by atoms with Crippen LogP contribution in [0, 0.1) is 5.92 Å². The van der Waals surface area contributed by atoms with Crippen LogP contribution < -0.4 is 10.6 Å². The Hall–Kier alpha value is -4.20. The van der Waals surface area contributed by atoms with Gasteiger partial charge in [0.1, 0.15) is 11.5 Å². The largest absolute Gasteiger partial charge is 0.356 e. The standard InChI is InChI=1S/C33H23BrClN3O3/c34-21-11-9-20(10-12-21)29(39)27-28(31(40)36-23-15-13-22(35)14-16-23)38-18-17-19-5-1-2-6-24(19)30(38)33(27)25-7-3-4-8-26(25)37-32(33)41/h1-18,27-28,30H,(H,36,40)(H,37,41)/t27-,28+,30-,33-/m1/s1. The zero-order valence-corrected chi connectivity index (χ0v) is 23.9. The number of halogens is 2. The van der Waals surface area contributed by atoms with Crippen LogP contribution in [-0.4, -0.2) is 28.5 Å². The van der Waals surface area contributed by atoms with Crippen molar-refractivity contribution in [2.24, 2.45) is 5.92 Å². The van der Waals surface area contributed by atoms with Gasteiger partial charge < -0.3 is 15.5 Å². The van der Waals surface area contributed by atoms with E-state index in [4.69, 9.17) is 11.6 Å². The molecule has 2 N–H and O–H groups in total. The number of hydrogen-bond donors (Lipinski definition) is 2. The Morgan fingerprint density at radius 1 is 0.902 bits per heavy atom. The lowest BCUT2D eigenvalue weighted by molar-refractivity contribution is -0.122. The van der Waals surface area contributed by atoms with Crippen molar-refractivity contribution in [3.63, 3.8) is 0 Å². The molecule has 1 spiro atoms. The quantitative estimate of drug-likeness (QED) is 0.244. The fraction of sp³-hybridized carbons (Fsp3) is 0.121. The second kappa shape index (κ2) is 9.72. The number of benzene rings is 4. The Morgan fingerprint density at radius 3 is 2.39 bits per heavy atom. The Kier molecular flexibility index (Phi) is 6.10. The minimum Gasteiger partial charge on any atom is -0.356 e. The molecule has 4 atom stereocenters. The molecule has 4 aromatic rings. The van der Waals surface area contributed by atoms with E-state index in [1.807, 2.05) is 65.7 Å². The number of carbonyl (C=O) groups excluding carboxylic acids is 3. The number of anilines is 2. The topological polar surface area (TPSA) is 78.5 Å². The highest BCUT2D eigenvalue weighted by atomic mass is 79.9. The summed E-state index contributed by atoms with van der Waals surface area (Å²) < 4.78 is 0.824. The number of ketones is 1. The van der Waals surface area contributed by atoms with E-state index in [0.717, 1.165) is 15.6 Å². The average molecular weight is 625 g/mol. The lowest BCUT2D eigenvalue weighted by atomic mass is 9.63. The summed E-state index contributed by atoms with van der Waals surface area (Å²) >= 11 is 9.53. The van der Waals surface area contributed by atoms with Crippen molar-refractivity contribution in [1.29, 1.82) is 0 Å². The molecular weight excluding hydrogens is 602 g/mol. The molecule has 6 nitrogen and oxygen atoms in total. The van der Waals surface area contributed by atoms with Crippen LogP contribution >= 0.6 is 27.5 Å². The van der Waals surface area contributed by atoms with Gasteiger partial charge >= 0.3 is 0 Å². The van der Waals surface area contributed by atoms with Crippen LogP contribution in [0.25, 0.3) is 6.08 Å². The van der Waals surface area contributed by atoms with Crippen LogP contribution in [0.4, 0.5) is 11.4 Å². The Balaban J connectivity index is 1.48. The average Bonchev–Trinajstić information content (AvgIpc) is 3.47. The number of rotatable bonds is 4. The van der Waals surface area contributed by atoms with Gasteiger partial charge in [-0.2, -0.15) is 0 Å². The van der Waals surface area contributed by atoms with E-state index in [-0.39, 0.29) is 17.6 Å². The lowest BCUT2D eigenvalue weighted by Crippen LogP contribution is -2.50. The monoisotopic (exact) mass is 623 g/mol. The van der Waals surface area contributed by atoms with Gasteiger partial charge in [-0.15, -0.1) is 0 Å². The van der Waals surface area contributed by atoms with Crippen molar-refractivity contribution < 1.29 is 14.4 Å². The molecule has 3 aliphatic heterocycles. The summed E-state index contributed by atoms with van der Waals surface area (Å²) in [5.74, 6) is -2.00. The SMILES string of the molecule is O=C(Nc1ccc(Cl)cc1)[C@@H]1[C@H](C(=O)c2ccc(Br)cc2)[C@@]2(C(=O)Nc3ccccc32)[C@H]2c3ccccc3C=CN12. The number of nitrogens with zero attached hydrogens (tertiary/aromatic N) is 1. The third-order valence-corrected chi connectivity index (χ3v) is 9.14. The van der Waals surface area contributed by atoms with Crippen LogP contribution in [0.2, 0.25) is 5.02 Å². The van der Waals surface area contributed by atoms with Crippen molar-refractivity contribution in [3.8, 4) is 0 Å². The molecule has 0 saturated carbocycles. The van der Waals surface area contributed by atoms with Crippen molar-refractivity contribution >= 4 is 62.6 Å². The first-order chi connectivity index (χ1) is 19.9. The fourth-order valence-electron chi connectivity index (χ4n) is 6.71. The van der Waals surface area contributed by atoms with Gasteiger partial charge in [0.15, 0.2) is 5.78 Å². The van der Waals surface area contributed by atoms with Crippen molar-refractivity contribution in [1.82, 2.24) is 4.90 Å². The molecule has 3 aliphatic rings. The molecule has 0 unspecified atom stereocenters. The third-order valence-electron chi connectivity index (χ3n) is 8.36. The molecule has 0 radical (unpaired) electrons. The number of fused-ring (bicyclic) bond motifs is 6. The number of para-hydroxylation sites is 1. The Bertz CT molecular complexity index is 1750. The van der Waals surface area contributed by atoms with Gasteiger partial charge in [0.25, 0.3) is 0 Å². The Morgan fingerprint density at radius 2 is 1.61 bits per heavy atom. The summed E-state index contributed by atoms with van der Waals surface area (Å²) in [4.78, 5) is 45.3. The second-order valence-corrected chi connectivity index (χ2v) is 11.8. The predicted molar refractivity (Wildman–Crippen MR) is 163 cm³/mol. The summed E-state index contributed by atoms with van der Waals surface area (Å²) in [5, 5.41) is 6.60. The molecule has 0 aliphatic carbocycles. The number of nitrogens with one attached hydrogen (secondary N) is 2. The first-order valence-corrected chi connectivity index (χ1v) is 14.4. The van der Waals surface area contributed by atoms with Crippen LogP contribution in [0.15, 0.2) is 108 Å². The molecule has 0 bridgehead atoms. The highest BCUT2D eigenvalue weighted by Crippen LogP contribution is 2.62. The van der Waals surface area contributed by atoms with E-state index in [9.17, 15) is 14.4 Å². The number of hydrogen-bond acceptors (Lipinski definition) is 4. The summed E-state index contributed by atoms with van der Waals surface area (Å²) in [6, 6.07) is 27.6. The zero-order valence-electron chi connectivity index (χ0n) is 21.6. The highest BCUT2D eigenvalue weighted by Gasteiger charge is 2.70. The number of carbonyl (C=O) groups is 3. The summed E-state index contributed by atoms with van der Waals surface area (Å²) in [6.07, 6.45) is 3.79. The first kappa shape index (κ1) is 25.7. The Labute approximate surface area is 250 Å². The van der Waals surface area contributed by atoms with Crippen molar-refractivity contribution in [2.75, 3.05) is 10.6 Å². The van der Waals surface area contributed by atoms with Gasteiger partial charge in [0, 0.05) is 32.6 Å². The summed E-state index contributed by atoms with van der Waals surface area (Å²) in [5.41, 5.74) is 2.79. The van der Waals surface area contributed by atoms with Crippen LogP contribution in [-0.2, 0) is 15.0 Å². The molecule has 4 aromatic carbocycles. The van der Waals surface area contributed by atoms with Gasteiger partial charge in [0.05, 0.1) is 12.0 Å². The smallest absolute Gasteiger partial charge is 0.247 e.